The predicted molar refractivity (Wildman–Crippen MR) is 239 cm³/mol. The smallest absolute Gasteiger partial charge is 0.274 e. The van der Waals surface area contributed by atoms with Gasteiger partial charge >= 0.3 is 0 Å². The topological polar surface area (TPSA) is 210 Å². The summed E-state index contributed by atoms with van der Waals surface area (Å²) in [6.45, 7) is 12.3. The van der Waals surface area contributed by atoms with Gasteiger partial charge in [0.25, 0.3) is 5.91 Å². The summed E-state index contributed by atoms with van der Waals surface area (Å²) in [6.07, 6.45) is 0.829. The zero-order valence-corrected chi connectivity index (χ0v) is 37.5. The Hall–Kier alpha value is -6.17. The van der Waals surface area contributed by atoms with Crippen molar-refractivity contribution >= 4 is 40.7 Å². The van der Waals surface area contributed by atoms with Crippen molar-refractivity contribution in [1.29, 1.82) is 0 Å². The van der Waals surface area contributed by atoms with Crippen LogP contribution in [0.3, 0.4) is 0 Å². The minimum atomic E-state index is -0.953. The van der Waals surface area contributed by atoms with Gasteiger partial charge in [0.15, 0.2) is 0 Å². The average molecular weight is 881 g/mol. The number of carbonyl (C=O) groups excluding carboxylic acids is 4. The number of thiazole rings is 1. The Morgan fingerprint density at radius 2 is 1.79 bits per heavy atom. The van der Waals surface area contributed by atoms with Gasteiger partial charge in [0.05, 0.1) is 66.2 Å². The molecule has 0 aliphatic carbocycles. The number of benzene rings is 2. The van der Waals surface area contributed by atoms with Gasteiger partial charge in [-0.15, -0.1) is 11.3 Å². The van der Waals surface area contributed by atoms with Crippen LogP contribution >= 0.6 is 11.3 Å². The Balaban J connectivity index is 0.954. The van der Waals surface area contributed by atoms with Crippen molar-refractivity contribution in [2.45, 2.75) is 79.1 Å². The van der Waals surface area contributed by atoms with Crippen molar-refractivity contribution in [2.24, 2.45) is 10.8 Å². The summed E-state index contributed by atoms with van der Waals surface area (Å²) >= 11 is 1.57. The fraction of sp³-hybridized carbons (Fsp3) is 0.413. The van der Waals surface area contributed by atoms with Crippen LogP contribution in [-0.4, -0.2) is 105 Å². The normalized spacial score (nSPS) is 15.7. The number of aryl methyl sites for hydroxylation is 1. The molecule has 63 heavy (non-hydrogen) atoms. The van der Waals surface area contributed by atoms with Gasteiger partial charge in [0, 0.05) is 43.6 Å². The maximum Gasteiger partial charge on any atom is 0.274 e. The van der Waals surface area contributed by atoms with Crippen LogP contribution in [0.1, 0.15) is 69.2 Å². The minimum Gasteiger partial charge on any atom is -0.494 e. The first-order valence-corrected chi connectivity index (χ1v) is 21.6. The molecule has 16 nitrogen and oxygen atoms in total. The number of aromatic amines is 1. The van der Waals surface area contributed by atoms with E-state index < -0.39 is 40.8 Å². The molecule has 5 N–H and O–H groups in total. The number of aliphatic hydroxyl groups is 1. The Bertz CT molecular complexity index is 2360. The number of ether oxygens (including phenoxy) is 3. The Morgan fingerprint density at radius 3 is 2.48 bits per heavy atom. The van der Waals surface area contributed by atoms with Crippen molar-refractivity contribution in [3.8, 4) is 33.3 Å². The van der Waals surface area contributed by atoms with Crippen molar-refractivity contribution < 1.29 is 38.5 Å². The first-order chi connectivity index (χ1) is 30.0. The van der Waals surface area contributed by atoms with Crippen LogP contribution < -0.4 is 25.4 Å². The highest BCUT2D eigenvalue weighted by Crippen LogP contribution is 2.32. The number of methoxy groups -OCH3 is 1. The van der Waals surface area contributed by atoms with E-state index >= 15 is 0 Å². The molecule has 1 saturated heterocycles. The molecule has 3 aromatic heterocycles. The third-order valence-electron chi connectivity index (χ3n) is 10.5. The van der Waals surface area contributed by atoms with E-state index in [-0.39, 0.29) is 63.3 Å². The molecule has 3 atom stereocenters. The number of carbonyl (C=O) groups is 4. The van der Waals surface area contributed by atoms with E-state index in [1.807, 2.05) is 71.3 Å². The molecule has 1 aliphatic rings. The second-order valence-corrected chi connectivity index (χ2v) is 18.2. The van der Waals surface area contributed by atoms with E-state index in [9.17, 15) is 24.3 Å². The van der Waals surface area contributed by atoms with Crippen LogP contribution in [-0.2, 0) is 25.7 Å². The monoisotopic (exact) mass is 880 g/mol. The van der Waals surface area contributed by atoms with Crippen LogP contribution in [0, 0.1) is 17.8 Å². The predicted octanol–water partition coefficient (Wildman–Crippen LogP) is 5.79. The highest BCUT2D eigenvalue weighted by atomic mass is 32.1. The van der Waals surface area contributed by atoms with Gasteiger partial charge in [-0.1, -0.05) is 65.0 Å². The summed E-state index contributed by atoms with van der Waals surface area (Å²) in [6, 6.07) is 18.0. The zero-order valence-electron chi connectivity index (χ0n) is 36.7. The molecular weight excluding hydrogens is 825 g/mol. The number of H-pyrrole nitrogens is 1. The first-order valence-electron chi connectivity index (χ1n) is 20.7. The molecule has 17 heteroatoms. The number of aromatic nitrogens is 4. The van der Waals surface area contributed by atoms with Crippen LogP contribution in [0.2, 0.25) is 0 Å². The highest BCUT2D eigenvalue weighted by molar-refractivity contribution is 7.13. The lowest BCUT2D eigenvalue weighted by atomic mass is 9.85. The average Bonchev–Trinajstić information content (AvgIpc) is 4.05. The van der Waals surface area contributed by atoms with Crippen LogP contribution in [0.5, 0.6) is 11.5 Å². The lowest BCUT2D eigenvalue weighted by Crippen LogP contribution is -2.57. The lowest BCUT2D eigenvalue weighted by Gasteiger charge is -2.35. The number of nitrogens with zero attached hydrogens (tertiary/aromatic N) is 4. The van der Waals surface area contributed by atoms with E-state index in [1.54, 1.807) is 60.0 Å². The standard InChI is InChI=1S/C46H56N8O8S/c1-28-40(63-27-48-28)30-13-11-29(12-14-30)23-47-43(58)37-21-31(55)24-54(37)44(59)41(45(2,3)4)52-39(56)18-20-61-25-46(5,6)26-62-32-15-16-35(38(22-32)60-7)51-42(57)36-10-8-9-33(50-36)34-17-19-49-53-34/h8-17,19,22,27,31,37,41,55H,18,20-21,23-26H2,1-7H3,(H,47,58)(H,49,53)(H,51,57)(H,52,56)/t31-,37+,41-/m1/s1. The molecule has 2 aromatic carbocycles. The van der Waals surface area contributed by atoms with E-state index in [0.29, 0.717) is 28.6 Å². The third kappa shape index (κ3) is 12.3. The van der Waals surface area contributed by atoms with Crippen molar-refractivity contribution in [3.05, 3.63) is 95.4 Å². The van der Waals surface area contributed by atoms with Gasteiger partial charge in [-0.2, -0.15) is 5.10 Å². The second kappa shape index (κ2) is 20.3. The van der Waals surface area contributed by atoms with E-state index in [0.717, 1.165) is 21.7 Å². The third-order valence-corrected chi connectivity index (χ3v) is 11.5. The number of rotatable bonds is 18. The number of pyridine rings is 1. The number of amides is 4. The minimum absolute atomic E-state index is 0.00193. The summed E-state index contributed by atoms with van der Waals surface area (Å²) in [5.41, 5.74) is 5.50. The molecule has 0 spiro atoms. The molecule has 4 heterocycles. The van der Waals surface area contributed by atoms with Gasteiger partial charge in [-0.25, -0.2) is 9.97 Å². The van der Waals surface area contributed by atoms with Gasteiger partial charge in [-0.05, 0) is 53.8 Å². The Kier molecular flexibility index (Phi) is 15.0. The molecular formula is C46H56N8O8S. The molecule has 1 aliphatic heterocycles. The van der Waals surface area contributed by atoms with Crippen molar-refractivity contribution in [1.82, 2.24) is 35.7 Å². The zero-order chi connectivity index (χ0) is 45.3. The lowest BCUT2D eigenvalue weighted by molar-refractivity contribution is -0.144. The summed E-state index contributed by atoms with van der Waals surface area (Å²) in [7, 11) is 1.50. The molecule has 0 unspecified atom stereocenters. The van der Waals surface area contributed by atoms with Gasteiger partial charge in [-0.3, -0.25) is 24.3 Å². The highest BCUT2D eigenvalue weighted by Gasteiger charge is 2.44. The van der Waals surface area contributed by atoms with Crippen LogP contribution in [0.15, 0.2) is 78.4 Å². The molecule has 0 radical (unpaired) electrons. The number of hydrogen-bond donors (Lipinski definition) is 5. The number of nitrogens with one attached hydrogen (secondary N) is 4. The number of hydrogen-bond acceptors (Lipinski definition) is 12. The Morgan fingerprint density at radius 1 is 1.02 bits per heavy atom. The van der Waals surface area contributed by atoms with Crippen molar-refractivity contribution in [2.75, 3.05) is 38.8 Å². The molecule has 0 bridgehead atoms. The maximum absolute atomic E-state index is 14.0. The summed E-state index contributed by atoms with van der Waals surface area (Å²) in [5.74, 6) is -0.673. The molecule has 0 saturated carbocycles. The number of β-amino-alcohol motifs (C(OH)–C–C–N with tert-alkyl or cyclic N) is 1. The Labute approximate surface area is 371 Å². The molecule has 334 valence electrons. The van der Waals surface area contributed by atoms with Crippen LogP contribution in [0.4, 0.5) is 5.69 Å². The van der Waals surface area contributed by atoms with Crippen molar-refractivity contribution in [3.63, 3.8) is 0 Å². The number of likely N-dealkylation sites (tertiary alicyclic amines) is 1. The number of aliphatic hydroxyl groups excluding tert-OH is 1. The van der Waals surface area contributed by atoms with Gasteiger partial charge < -0.3 is 40.2 Å². The summed E-state index contributed by atoms with van der Waals surface area (Å²) in [5, 5.41) is 26.0. The largest absolute Gasteiger partial charge is 0.494 e. The van der Waals surface area contributed by atoms with E-state index in [4.69, 9.17) is 14.2 Å². The molecule has 1 fully saturated rings. The summed E-state index contributed by atoms with van der Waals surface area (Å²) in [4.78, 5) is 65.0. The molecule has 5 aromatic rings. The van der Waals surface area contributed by atoms with E-state index in [2.05, 4.69) is 36.1 Å². The van der Waals surface area contributed by atoms with Gasteiger partial charge in [0.1, 0.15) is 29.3 Å². The first kappa shape index (κ1) is 46.3. The maximum atomic E-state index is 14.0. The summed E-state index contributed by atoms with van der Waals surface area (Å²) < 4.78 is 17.5. The SMILES string of the molecule is COc1cc(OCC(C)(C)COCCC(=O)N[C@H](C(=O)N2C[C@H](O)C[C@H]2C(=O)NCc2ccc(-c3scnc3C)cc2)C(C)(C)C)ccc1NC(=O)c1cccc(-c2ccn[nH]2)n1. The fourth-order valence-electron chi connectivity index (χ4n) is 7.01. The number of anilines is 1. The molecule has 6 rings (SSSR count). The van der Waals surface area contributed by atoms with Gasteiger partial charge in [0.2, 0.25) is 17.7 Å². The molecule has 4 amide bonds. The fourth-order valence-corrected chi connectivity index (χ4v) is 7.82. The van der Waals surface area contributed by atoms with Crippen LogP contribution in [0.25, 0.3) is 21.8 Å². The van der Waals surface area contributed by atoms with E-state index in [1.165, 1.54) is 12.0 Å². The quantitative estimate of drug-likeness (QED) is 0.0666. The second-order valence-electron chi connectivity index (χ2n) is 17.4.